The molecular weight excluding hydrogens is 672 g/mol. The van der Waals surface area contributed by atoms with E-state index in [2.05, 4.69) is 53.1 Å². The van der Waals surface area contributed by atoms with E-state index in [0.717, 1.165) is 99.5 Å². The second kappa shape index (κ2) is 15.1. The van der Waals surface area contributed by atoms with Crippen molar-refractivity contribution >= 4 is 51.9 Å². The number of amides is 3. The number of imide groups is 1. The standard InChI is InChI=1S/C39H48N10O4/c1-45(2)38(52)33-21-27-22-41-39(44-36(27)49(33)29-5-3-4-6-29)42-34-13-11-30(23-40-34)48-19-20-53-31(25-48)24-46-15-17-47(18-16-46)28-9-7-26(8-10-28)32-12-14-35(50)43-37(32)51/h7-11,13,21-23,29,31-32H,3-6,12,14-20,24-25H2,1-2H3,(H,43,50,51)(H,40,41,42,44). The molecule has 2 atom stereocenters. The van der Waals surface area contributed by atoms with Gasteiger partial charge in [-0.15, -0.1) is 0 Å². The minimum absolute atomic E-state index is 0.0256. The second-order valence-corrected chi connectivity index (χ2v) is 14.9. The molecule has 0 bridgehead atoms. The molecule has 8 rings (SSSR count). The number of hydrogen-bond donors (Lipinski definition) is 2. The number of hydrogen-bond acceptors (Lipinski definition) is 11. The molecule has 3 saturated heterocycles. The molecule has 4 aliphatic rings. The number of carbonyl (C=O) groups is 3. The number of piperazine rings is 1. The molecule has 14 nitrogen and oxygen atoms in total. The summed E-state index contributed by atoms with van der Waals surface area (Å²) >= 11 is 0. The number of carbonyl (C=O) groups excluding carboxylic acids is 3. The first kappa shape index (κ1) is 35.0. The largest absolute Gasteiger partial charge is 0.373 e. The van der Waals surface area contributed by atoms with Crippen LogP contribution in [0.15, 0.2) is 54.9 Å². The molecule has 278 valence electrons. The SMILES string of the molecule is CN(C)C(=O)c1cc2cnc(Nc3ccc(N4CCOC(CN5CCN(c6ccc(C7CCC(=O)NC7=O)cc6)CC5)C4)cn3)nc2n1C1CCCC1. The Morgan fingerprint density at radius 1 is 0.925 bits per heavy atom. The Morgan fingerprint density at radius 3 is 2.42 bits per heavy atom. The number of ether oxygens (including phenoxy) is 1. The van der Waals surface area contributed by atoms with Crippen LogP contribution >= 0.6 is 0 Å². The maximum atomic E-state index is 13.1. The molecule has 4 fully saturated rings. The van der Waals surface area contributed by atoms with Crippen LogP contribution in [0.3, 0.4) is 0 Å². The number of piperidine rings is 1. The van der Waals surface area contributed by atoms with E-state index < -0.39 is 0 Å². The maximum Gasteiger partial charge on any atom is 0.270 e. The van der Waals surface area contributed by atoms with Gasteiger partial charge in [-0.2, -0.15) is 4.98 Å². The van der Waals surface area contributed by atoms with Gasteiger partial charge in [-0.1, -0.05) is 25.0 Å². The Morgan fingerprint density at radius 2 is 1.70 bits per heavy atom. The van der Waals surface area contributed by atoms with Gasteiger partial charge in [0.05, 0.1) is 30.5 Å². The summed E-state index contributed by atoms with van der Waals surface area (Å²) in [6.07, 6.45) is 9.11. The fourth-order valence-corrected chi connectivity index (χ4v) is 8.23. The van der Waals surface area contributed by atoms with Crippen molar-refractivity contribution in [2.75, 3.05) is 81.6 Å². The Bertz CT molecular complexity index is 1950. The predicted octanol–water partition coefficient (Wildman–Crippen LogP) is 3.93. The monoisotopic (exact) mass is 720 g/mol. The van der Waals surface area contributed by atoms with Gasteiger partial charge < -0.3 is 29.3 Å². The fraction of sp³-hybridized carbons (Fsp3) is 0.487. The molecule has 4 aromatic rings. The third kappa shape index (κ3) is 7.56. The first-order valence-electron chi connectivity index (χ1n) is 18.9. The van der Waals surface area contributed by atoms with Gasteiger partial charge in [0.25, 0.3) is 5.91 Å². The van der Waals surface area contributed by atoms with E-state index in [1.54, 1.807) is 25.2 Å². The summed E-state index contributed by atoms with van der Waals surface area (Å²) in [5, 5.41) is 6.60. The van der Waals surface area contributed by atoms with Crippen LogP contribution in [0.4, 0.5) is 23.1 Å². The summed E-state index contributed by atoms with van der Waals surface area (Å²) in [7, 11) is 3.56. The number of rotatable bonds is 9. The van der Waals surface area contributed by atoms with Crippen LogP contribution < -0.4 is 20.4 Å². The summed E-state index contributed by atoms with van der Waals surface area (Å²) in [5.74, 6) is 0.443. The number of anilines is 4. The Balaban J connectivity index is 0.850. The molecule has 0 spiro atoms. The van der Waals surface area contributed by atoms with Gasteiger partial charge in [-0.3, -0.25) is 24.6 Å². The minimum Gasteiger partial charge on any atom is -0.373 e. The highest BCUT2D eigenvalue weighted by atomic mass is 16.5. The summed E-state index contributed by atoms with van der Waals surface area (Å²) in [6, 6.07) is 14.4. The van der Waals surface area contributed by atoms with Crippen molar-refractivity contribution in [2.45, 2.75) is 56.6 Å². The highest BCUT2D eigenvalue weighted by Gasteiger charge is 2.30. The van der Waals surface area contributed by atoms with E-state index in [1.807, 2.05) is 30.5 Å². The first-order valence-corrected chi connectivity index (χ1v) is 18.9. The van der Waals surface area contributed by atoms with Crippen LogP contribution in [-0.2, 0) is 14.3 Å². The zero-order valence-corrected chi connectivity index (χ0v) is 30.5. The number of aromatic nitrogens is 4. The molecule has 0 radical (unpaired) electrons. The zero-order chi connectivity index (χ0) is 36.5. The van der Waals surface area contributed by atoms with Crippen LogP contribution in [0.2, 0.25) is 0 Å². The fourth-order valence-electron chi connectivity index (χ4n) is 8.23. The molecule has 6 heterocycles. The number of pyridine rings is 1. The van der Waals surface area contributed by atoms with E-state index in [-0.39, 0.29) is 35.8 Å². The lowest BCUT2D eigenvalue weighted by atomic mass is 9.90. The lowest BCUT2D eigenvalue weighted by Gasteiger charge is -2.40. The zero-order valence-electron chi connectivity index (χ0n) is 30.5. The first-order chi connectivity index (χ1) is 25.8. The summed E-state index contributed by atoms with van der Waals surface area (Å²) < 4.78 is 8.34. The van der Waals surface area contributed by atoms with Crippen LogP contribution in [-0.4, -0.2) is 120 Å². The third-order valence-corrected chi connectivity index (χ3v) is 11.1. The van der Waals surface area contributed by atoms with Crippen molar-refractivity contribution in [2.24, 2.45) is 0 Å². The van der Waals surface area contributed by atoms with Gasteiger partial charge in [0.2, 0.25) is 17.8 Å². The lowest BCUT2D eigenvalue weighted by Crippen LogP contribution is -2.52. The number of morpholine rings is 1. The molecule has 3 aromatic heterocycles. The number of nitrogens with one attached hydrogen (secondary N) is 2. The topological polar surface area (TPSA) is 141 Å². The highest BCUT2D eigenvalue weighted by molar-refractivity contribution is 6.01. The second-order valence-electron chi connectivity index (χ2n) is 14.9. The average molecular weight is 721 g/mol. The van der Waals surface area contributed by atoms with Crippen LogP contribution in [0.5, 0.6) is 0 Å². The Kier molecular flexibility index (Phi) is 9.97. The van der Waals surface area contributed by atoms with Crippen LogP contribution in [0, 0.1) is 0 Å². The van der Waals surface area contributed by atoms with Crippen molar-refractivity contribution in [1.29, 1.82) is 0 Å². The normalized spacial score (nSPS) is 21.6. The van der Waals surface area contributed by atoms with E-state index >= 15 is 0 Å². The quantitative estimate of drug-likeness (QED) is 0.243. The molecule has 3 amide bonds. The molecular formula is C39H48N10O4. The molecule has 2 unspecified atom stereocenters. The Hall–Kier alpha value is -5.08. The number of fused-ring (bicyclic) bond motifs is 1. The van der Waals surface area contributed by atoms with Crippen LogP contribution in [0.1, 0.15) is 66.5 Å². The van der Waals surface area contributed by atoms with Crippen LogP contribution in [0.25, 0.3) is 11.0 Å². The molecule has 1 saturated carbocycles. The van der Waals surface area contributed by atoms with Gasteiger partial charge in [0.1, 0.15) is 17.2 Å². The van der Waals surface area contributed by atoms with Crippen molar-refractivity contribution in [3.05, 3.63) is 66.1 Å². The minimum atomic E-state index is -0.258. The highest BCUT2D eigenvalue weighted by Crippen LogP contribution is 2.35. The number of nitrogens with zero attached hydrogens (tertiary/aromatic N) is 8. The molecule has 53 heavy (non-hydrogen) atoms. The van der Waals surface area contributed by atoms with Gasteiger partial charge in [0, 0.05) is 89.6 Å². The predicted molar refractivity (Wildman–Crippen MR) is 203 cm³/mol. The summed E-state index contributed by atoms with van der Waals surface area (Å²) in [6.45, 7) is 6.87. The smallest absolute Gasteiger partial charge is 0.270 e. The maximum absolute atomic E-state index is 13.1. The molecule has 1 aliphatic carbocycles. The van der Waals surface area contributed by atoms with Crippen molar-refractivity contribution in [3.8, 4) is 0 Å². The van der Waals surface area contributed by atoms with Crippen molar-refractivity contribution in [1.82, 2.24) is 34.6 Å². The molecule has 3 aliphatic heterocycles. The third-order valence-electron chi connectivity index (χ3n) is 11.1. The van der Waals surface area contributed by atoms with Gasteiger partial charge in [-0.25, -0.2) is 9.97 Å². The van der Waals surface area contributed by atoms with E-state index in [9.17, 15) is 14.4 Å². The van der Waals surface area contributed by atoms with Gasteiger partial charge >= 0.3 is 0 Å². The average Bonchev–Trinajstić information content (AvgIpc) is 3.84. The van der Waals surface area contributed by atoms with E-state index in [1.165, 1.54) is 0 Å². The van der Waals surface area contributed by atoms with Crippen molar-refractivity contribution < 1.29 is 19.1 Å². The molecule has 14 heteroatoms. The van der Waals surface area contributed by atoms with Gasteiger partial charge in [0.15, 0.2) is 0 Å². The molecule has 2 N–H and O–H groups in total. The summed E-state index contributed by atoms with van der Waals surface area (Å²) in [4.78, 5) is 59.9. The molecule has 1 aromatic carbocycles. The van der Waals surface area contributed by atoms with E-state index in [4.69, 9.17) is 14.7 Å². The van der Waals surface area contributed by atoms with E-state index in [0.29, 0.717) is 36.9 Å². The Labute approximate surface area is 309 Å². The number of benzene rings is 1. The van der Waals surface area contributed by atoms with Gasteiger partial charge in [-0.05, 0) is 55.2 Å². The summed E-state index contributed by atoms with van der Waals surface area (Å²) in [5.41, 5.74) is 4.60. The van der Waals surface area contributed by atoms with Crippen molar-refractivity contribution in [3.63, 3.8) is 0 Å². The lowest BCUT2D eigenvalue weighted by molar-refractivity contribution is -0.134.